The number of nitrogens with one attached hydrogen (secondary N) is 1. The van der Waals surface area contributed by atoms with Crippen molar-refractivity contribution in [2.24, 2.45) is 0 Å². The van der Waals surface area contributed by atoms with Gasteiger partial charge in [0, 0.05) is 12.8 Å². The standard InChI is InChI=1S/C8H11INO4/c9-6-14-8(13)3-1-2-7(12)10-4-5-11/h1-4,6H2,(H,10,12). The van der Waals surface area contributed by atoms with Crippen molar-refractivity contribution in [3.63, 3.8) is 0 Å². The van der Waals surface area contributed by atoms with E-state index in [0.29, 0.717) is 11.0 Å². The Morgan fingerprint density at radius 3 is 2.64 bits per heavy atom. The zero-order valence-corrected chi connectivity index (χ0v) is 9.70. The molecule has 0 unspecified atom stereocenters. The minimum atomic E-state index is -0.311. The summed E-state index contributed by atoms with van der Waals surface area (Å²) in [5.74, 6) is -0.565. The summed E-state index contributed by atoms with van der Waals surface area (Å²) < 4.78 is 4.98. The summed E-state index contributed by atoms with van der Waals surface area (Å²) in [6, 6.07) is 0. The van der Waals surface area contributed by atoms with Crippen molar-refractivity contribution in [2.45, 2.75) is 19.3 Å². The molecule has 5 nitrogen and oxygen atoms in total. The normalized spacial score (nSPS) is 9.21. The Kier molecular flexibility index (Phi) is 8.50. The zero-order valence-electron chi connectivity index (χ0n) is 7.55. The summed E-state index contributed by atoms with van der Waals surface area (Å²) in [5.41, 5.74) is 0. The van der Waals surface area contributed by atoms with Gasteiger partial charge in [-0.3, -0.25) is 14.4 Å². The number of ether oxygens (including phenoxy) is 1. The molecule has 79 valence electrons. The van der Waals surface area contributed by atoms with Gasteiger partial charge in [0.2, 0.25) is 12.2 Å². The highest BCUT2D eigenvalue weighted by molar-refractivity contribution is 14.1. The Bertz CT molecular complexity index is 208. The van der Waals surface area contributed by atoms with E-state index in [1.165, 1.54) is 0 Å². The second-order valence-corrected chi connectivity index (χ2v) is 3.02. The van der Waals surface area contributed by atoms with Crippen molar-refractivity contribution in [3.05, 3.63) is 0 Å². The van der Waals surface area contributed by atoms with Crippen molar-refractivity contribution in [1.29, 1.82) is 0 Å². The van der Waals surface area contributed by atoms with E-state index in [1.807, 2.05) is 22.6 Å². The summed E-state index contributed by atoms with van der Waals surface area (Å²) in [7, 11) is 0. The lowest BCUT2D eigenvalue weighted by Gasteiger charge is -2.01. The third-order valence-electron chi connectivity index (χ3n) is 1.36. The Morgan fingerprint density at radius 1 is 1.36 bits per heavy atom. The smallest absolute Gasteiger partial charge is 0.306 e. The first-order valence-corrected chi connectivity index (χ1v) is 5.56. The highest BCUT2D eigenvalue weighted by Crippen LogP contribution is 1.98. The maximum atomic E-state index is 10.9. The largest absolute Gasteiger partial charge is 0.455 e. The van der Waals surface area contributed by atoms with Crippen LogP contribution in [0.15, 0.2) is 0 Å². The summed E-state index contributed by atoms with van der Waals surface area (Å²) in [5, 5.41) is 2.32. The van der Waals surface area contributed by atoms with Crippen LogP contribution in [0.3, 0.4) is 0 Å². The number of hydrogen-bond acceptors (Lipinski definition) is 4. The van der Waals surface area contributed by atoms with Gasteiger partial charge >= 0.3 is 5.97 Å². The molecule has 0 rings (SSSR count). The number of halogens is 1. The number of esters is 1. The molecule has 1 radical (unpaired) electrons. The van der Waals surface area contributed by atoms with Gasteiger partial charge in [-0.15, -0.1) is 0 Å². The maximum absolute atomic E-state index is 10.9. The van der Waals surface area contributed by atoms with Crippen molar-refractivity contribution in [2.75, 3.05) is 11.2 Å². The molecule has 0 bridgehead atoms. The molecule has 0 saturated carbocycles. The molecule has 0 aromatic rings. The first-order valence-electron chi connectivity index (χ1n) is 4.04. The minimum Gasteiger partial charge on any atom is -0.455 e. The molecule has 6 heteroatoms. The number of alkyl halides is 1. The molecule has 0 spiro atoms. The first kappa shape index (κ1) is 13.3. The van der Waals surface area contributed by atoms with Crippen molar-refractivity contribution < 1.29 is 19.1 Å². The molecular weight excluding hydrogens is 301 g/mol. The second-order valence-electron chi connectivity index (χ2n) is 2.40. The third-order valence-corrected chi connectivity index (χ3v) is 1.67. The van der Waals surface area contributed by atoms with Gasteiger partial charge in [-0.25, -0.2) is 0 Å². The Hall–Kier alpha value is -0.660. The number of amides is 1. The maximum Gasteiger partial charge on any atom is 0.306 e. The van der Waals surface area contributed by atoms with Crippen LogP contribution in [0.5, 0.6) is 0 Å². The zero-order chi connectivity index (χ0) is 10.8. The number of rotatable bonds is 7. The molecule has 0 aromatic heterocycles. The molecule has 1 N–H and O–H groups in total. The van der Waals surface area contributed by atoms with Crippen LogP contribution in [0.2, 0.25) is 0 Å². The van der Waals surface area contributed by atoms with E-state index in [-0.39, 0.29) is 31.3 Å². The summed E-state index contributed by atoms with van der Waals surface area (Å²) in [6.07, 6.45) is 2.42. The molecule has 0 saturated heterocycles. The number of hydrogen-bond donors (Lipinski definition) is 1. The van der Waals surface area contributed by atoms with Crippen molar-refractivity contribution in [3.8, 4) is 0 Å². The third kappa shape index (κ3) is 7.96. The van der Waals surface area contributed by atoms with Crippen molar-refractivity contribution >= 4 is 40.8 Å². The summed E-state index contributed by atoms with van der Waals surface area (Å²) >= 11 is 1.92. The summed E-state index contributed by atoms with van der Waals surface area (Å²) in [4.78, 5) is 31.5. The molecule has 0 fully saturated rings. The van der Waals surface area contributed by atoms with E-state index in [0.717, 1.165) is 0 Å². The van der Waals surface area contributed by atoms with Gasteiger partial charge in [0.1, 0.15) is 4.61 Å². The Labute approximate surface area is 95.7 Å². The monoisotopic (exact) mass is 312 g/mol. The van der Waals surface area contributed by atoms with Crippen LogP contribution in [-0.2, 0) is 19.1 Å². The van der Waals surface area contributed by atoms with Crippen LogP contribution in [0.1, 0.15) is 19.3 Å². The average molecular weight is 312 g/mol. The predicted molar refractivity (Wildman–Crippen MR) is 57.5 cm³/mol. The lowest BCUT2D eigenvalue weighted by Crippen LogP contribution is -2.24. The Balaban J connectivity index is 3.39. The van der Waals surface area contributed by atoms with Gasteiger partial charge < -0.3 is 10.1 Å². The van der Waals surface area contributed by atoms with E-state index in [4.69, 9.17) is 0 Å². The molecule has 0 aliphatic carbocycles. The molecule has 0 aliphatic rings. The topological polar surface area (TPSA) is 72.5 Å². The lowest BCUT2D eigenvalue weighted by atomic mass is 10.2. The van der Waals surface area contributed by atoms with Gasteiger partial charge in [0.15, 0.2) is 0 Å². The van der Waals surface area contributed by atoms with E-state index in [1.54, 1.807) is 6.29 Å². The fourth-order valence-corrected chi connectivity index (χ4v) is 1.10. The molecule has 1 amide bonds. The number of carbonyl (C=O) groups excluding carboxylic acids is 3. The van der Waals surface area contributed by atoms with Crippen LogP contribution < -0.4 is 5.32 Å². The van der Waals surface area contributed by atoms with E-state index >= 15 is 0 Å². The molecule has 0 aromatic carbocycles. The van der Waals surface area contributed by atoms with Crippen LogP contribution >= 0.6 is 22.6 Å². The highest BCUT2D eigenvalue weighted by atomic mass is 127. The predicted octanol–water partition coefficient (Wildman–Crippen LogP) is 0.318. The number of carbonyl (C=O) groups is 2. The molecular formula is C8H11INO4. The SMILES string of the molecule is O=[C]CNC(=O)CCCC(=O)OCI. The molecule has 0 heterocycles. The molecule has 0 atom stereocenters. The quantitative estimate of drug-likeness (QED) is 0.417. The highest BCUT2D eigenvalue weighted by Gasteiger charge is 2.04. The van der Waals surface area contributed by atoms with Gasteiger partial charge in [-0.2, -0.15) is 0 Å². The average Bonchev–Trinajstić information content (AvgIpc) is 2.15. The summed E-state index contributed by atoms with van der Waals surface area (Å²) in [6.45, 7) is -0.100. The molecule has 0 aliphatic heterocycles. The van der Waals surface area contributed by atoms with Gasteiger partial charge in [0.05, 0.1) is 6.54 Å². The van der Waals surface area contributed by atoms with Crippen LogP contribution in [0.25, 0.3) is 0 Å². The minimum absolute atomic E-state index is 0.100. The van der Waals surface area contributed by atoms with Crippen LogP contribution in [0.4, 0.5) is 0 Å². The van der Waals surface area contributed by atoms with Crippen LogP contribution in [0, 0.1) is 0 Å². The van der Waals surface area contributed by atoms with Crippen molar-refractivity contribution in [1.82, 2.24) is 5.32 Å². The van der Waals surface area contributed by atoms with Gasteiger partial charge in [0.25, 0.3) is 0 Å². The van der Waals surface area contributed by atoms with E-state index in [2.05, 4.69) is 10.1 Å². The second kappa shape index (κ2) is 8.92. The van der Waals surface area contributed by atoms with Crippen LogP contribution in [-0.4, -0.2) is 29.3 Å². The Morgan fingerprint density at radius 2 is 2.07 bits per heavy atom. The lowest BCUT2D eigenvalue weighted by molar-refractivity contribution is -0.141. The molecule has 14 heavy (non-hydrogen) atoms. The van der Waals surface area contributed by atoms with E-state index < -0.39 is 0 Å². The van der Waals surface area contributed by atoms with Gasteiger partial charge in [-0.05, 0) is 29.0 Å². The fraction of sp³-hybridized carbons (Fsp3) is 0.625. The van der Waals surface area contributed by atoms with E-state index in [9.17, 15) is 14.4 Å². The fourth-order valence-electron chi connectivity index (χ4n) is 0.749. The van der Waals surface area contributed by atoms with Gasteiger partial charge in [-0.1, -0.05) is 0 Å². The first-order chi connectivity index (χ1) is 6.70.